The summed E-state index contributed by atoms with van der Waals surface area (Å²) < 4.78 is 0.643. The normalized spacial score (nSPS) is 51.3. The van der Waals surface area contributed by atoms with Crippen LogP contribution in [0, 0.1) is 56.7 Å². The predicted molar refractivity (Wildman–Crippen MR) is 163 cm³/mol. The molecule has 4 fully saturated rings. The second-order valence-electron chi connectivity index (χ2n) is 15.7. The number of allylic oxidation sites excluding steroid dienone is 4. The molecule has 4 nitrogen and oxygen atoms in total. The predicted octanol–water partition coefficient (Wildman–Crippen LogP) is 7.55. The van der Waals surface area contributed by atoms with Crippen molar-refractivity contribution in [1.82, 2.24) is 4.90 Å². The van der Waals surface area contributed by atoms with E-state index in [1.807, 2.05) is 11.8 Å². The first-order chi connectivity index (χ1) is 18.1. The van der Waals surface area contributed by atoms with Gasteiger partial charge in [0.15, 0.2) is 11.6 Å². The first kappa shape index (κ1) is 28.2. The Labute approximate surface area is 249 Å². The molecule has 1 heterocycles. The van der Waals surface area contributed by atoms with Gasteiger partial charge in [0.05, 0.1) is 3.58 Å². The van der Waals surface area contributed by atoms with Crippen molar-refractivity contribution in [3.05, 3.63) is 21.3 Å². The van der Waals surface area contributed by atoms with Crippen LogP contribution >= 0.6 is 22.6 Å². The lowest BCUT2D eigenvalue weighted by Crippen LogP contribution is -2.67. The van der Waals surface area contributed by atoms with Gasteiger partial charge >= 0.3 is 0 Å². The van der Waals surface area contributed by atoms with Crippen LogP contribution in [0.3, 0.4) is 0 Å². The van der Waals surface area contributed by atoms with E-state index in [-0.39, 0.29) is 45.6 Å². The van der Waals surface area contributed by atoms with Gasteiger partial charge in [0, 0.05) is 24.4 Å². The maximum absolute atomic E-state index is 14.6. The number of fused-ring (bicyclic) bond motifs is 7. The second-order valence-corrected chi connectivity index (χ2v) is 16.8. The van der Waals surface area contributed by atoms with E-state index in [1.54, 1.807) is 0 Å². The van der Waals surface area contributed by atoms with Crippen molar-refractivity contribution in [2.75, 3.05) is 13.1 Å². The smallest absolute Gasteiger partial charge is 0.236 e. The zero-order valence-corrected chi connectivity index (χ0v) is 27.3. The molecule has 0 unspecified atom stereocenters. The molecule has 1 aliphatic heterocycles. The Morgan fingerprint density at radius 3 is 2.28 bits per heavy atom. The topological polar surface area (TPSA) is 54.5 Å². The second kappa shape index (κ2) is 8.77. The van der Waals surface area contributed by atoms with Crippen LogP contribution in [0.5, 0.6) is 0 Å². The highest BCUT2D eigenvalue weighted by atomic mass is 127. The summed E-state index contributed by atoms with van der Waals surface area (Å²) in [6.45, 7) is 17.8. The number of hydrogen-bond donors (Lipinski definition) is 0. The third-order valence-corrected chi connectivity index (χ3v) is 14.8. The number of rotatable bonds is 1. The summed E-state index contributed by atoms with van der Waals surface area (Å²) in [4.78, 5) is 44.5. The Balaban J connectivity index is 1.49. The average molecular weight is 646 g/mol. The van der Waals surface area contributed by atoms with E-state index >= 15 is 0 Å². The molecule has 1 saturated heterocycles. The van der Waals surface area contributed by atoms with Gasteiger partial charge in [-0.1, -0.05) is 53.2 Å². The van der Waals surface area contributed by atoms with E-state index in [0.717, 1.165) is 45.2 Å². The third-order valence-electron chi connectivity index (χ3n) is 14.0. The Bertz CT molecular complexity index is 1200. The number of hydrogen-bond acceptors (Lipinski definition) is 3. The van der Waals surface area contributed by atoms with Crippen LogP contribution in [-0.2, 0) is 14.4 Å². The molecule has 0 aromatic heterocycles. The standard InChI is InChI=1S/C34H48INO3/c1-20-10-12-30(3)14-15-32(5)22(26(30)21(20)2)18-24(37)27-31(4)19-23(35)28(38)34(7,25(31)11-13-33(27,32)6)29(39)36-16-8-9-17-36/h18-21,25-27H,8-17H2,1-7H3/t20-,21+,25-,26+,27-,30-,31+,32-,33-,34-/m1/s1. The fourth-order valence-electron chi connectivity index (χ4n) is 11.3. The van der Waals surface area contributed by atoms with E-state index in [9.17, 15) is 14.4 Å². The van der Waals surface area contributed by atoms with Gasteiger partial charge < -0.3 is 4.90 Å². The lowest BCUT2D eigenvalue weighted by Gasteiger charge is -2.69. The molecule has 0 spiro atoms. The summed E-state index contributed by atoms with van der Waals surface area (Å²) in [6, 6.07) is 0. The van der Waals surface area contributed by atoms with E-state index in [0.29, 0.717) is 21.3 Å². The average Bonchev–Trinajstić information content (AvgIpc) is 3.41. The zero-order chi connectivity index (χ0) is 28.3. The molecule has 0 radical (unpaired) electrons. The number of halogens is 1. The Morgan fingerprint density at radius 2 is 1.62 bits per heavy atom. The summed E-state index contributed by atoms with van der Waals surface area (Å²) in [5.74, 6) is 1.53. The highest BCUT2D eigenvalue weighted by Crippen LogP contribution is 2.74. The van der Waals surface area contributed by atoms with E-state index in [2.05, 4.69) is 76.3 Å². The Hall–Kier alpha value is -0.980. The summed E-state index contributed by atoms with van der Waals surface area (Å²) >= 11 is 2.16. The zero-order valence-electron chi connectivity index (χ0n) is 25.2. The Kier molecular flexibility index (Phi) is 6.33. The quantitative estimate of drug-likeness (QED) is 0.219. The summed E-state index contributed by atoms with van der Waals surface area (Å²) in [6.07, 6.45) is 12.8. The fourth-order valence-corrected chi connectivity index (χ4v) is 12.6. The molecule has 0 aromatic rings. The number of carbonyl (C=O) groups excluding carboxylic acids is 3. The van der Waals surface area contributed by atoms with Gasteiger partial charge in [-0.25, -0.2) is 0 Å². The summed E-state index contributed by atoms with van der Waals surface area (Å²) in [5, 5.41) is 0. The maximum Gasteiger partial charge on any atom is 0.236 e. The largest absolute Gasteiger partial charge is 0.342 e. The van der Waals surface area contributed by atoms with E-state index < -0.39 is 10.8 Å². The van der Waals surface area contributed by atoms with Crippen molar-refractivity contribution in [1.29, 1.82) is 0 Å². The van der Waals surface area contributed by atoms with Crippen LogP contribution in [0.25, 0.3) is 0 Å². The van der Waals surface area contributed by atoms with Crippen molar-refractivity contribution in [2.45, 2.75) is 99.8 Å². The minimum atomic E-state index is -1.10. The maximum atomic E-state index is 14.6. The highest BCUT2D eigenvalue weighted by molar-refractivity contribution is 14.1. The van der Waals surface area contributed by atoms with Gasteiger partial charge in [-0.2, -0.15) is 0 Å². The minimum absolute atomic E-state index is 0.00348. The fraction of sp³-hybridized carbons (Fsp3) is 0.794. The van der Waals surface area contributed by atoms with Crippen LogP contribution in [0.15, 0.2) is 21.3 Å². The van der Waals surface area contributed by atoms with Gasteiger partial charge in [0.1, 0.15) is 5.41 Å². The SMILES string of the molecule is C[C@H]1[C@H](C)CC[C@]2(C)CC[C@]3(C)C(=CC(=O)[C@@H]4[C@@]5(C)C=C(I)C(=O)[C@](C)(C(=O)N6CCCC6)[C@@H]5CC[C@]43C)[C@H]12. The molecule has 39 heavy (non-hydrogen) atoms. The molecule has 10 atom stereocenters. The summed E-state index contributed by atoms with van der Waals surface area (Å²) in [7, 11) is 0. The van der Waals surface area contributed by atoms with Crippen molar-refractivity contribution in [2.24, 2.45) is 56.7 Å². The molecular weight excluding hydrogens is 597 g/mol. The molecule has 3 saturated carbocycles. The number of amides is 1. The molecule has 0 N–H and O–H groups in total. The van der Waals surface area contributed by atoms with Gasteiger partial charge in [-0.15, -0.1) is 0 Å². The third kappa shape index (κ3) is 3.43. The van der Waals surface area contributed by atoms with Crippen LogP contribution < -0.4 is 0 Å². The number of carbonyl (C=O) groups is 3. The number of nitrogens with zero attached hydrogens (tertiary/aromatic N) is 1. The Morgan fingerprint density at radius 1 is 0.949 bits per heavy atom. The first-order valence-electron chi connectivity index (χ1n) is 15.6. The van der Waals surface area contributed by atoms with Crippen molar-refractivity contribution in [3.8, 4) is 0 Å². The molecular formula is C34H48INO3. The van der Waals surface area contributed by atoms with Gasteiger partial charge in [0.2, 0.25) is 5.91 Å². The van der Waals surface area contributed by atoms with Crippen molar-refractivity contribution < 1.29 is 14.4 Å². The number of ketones is 2. The molecule has 6 rings (SSSR count). The first-order valence-corrected chi connectivity index (χ1v) is 16.7. The lowest BCUT2D eigenvalue weighted by atomic mass is 9.34. The summed E-state index contributed by atoms with van der Waals surface area (Å²) in [5.41, 5.74) is -0.180. The van der Waals surface area contributed by atoms with E-state index in [1.165, 1.54) is 24.8 Å². The van der Waals surface area contributed by atoms with Crippen molar-refractivity contribution >= 4 is 40.1 Å². The van der Waals surface area contributed by atoms with Gasteiger partial charge in [0.25, 0.3) is 0 Å². The van der Waals surface area contributed by atoms with Crippen LogP contribution in [-0.4, -0.2) is 35.5 Å². The molecule has 1 amide bonds. The molecule has 5 heteroatoms. The minimum Gasteiger partial charge on any atom is -0.342 e. The van der Waals surface area contributed by atoms with E-state index in [4.69, 9.17) is 0 Å². The van der Waals surface area contributed by atoms with Gasteiger partial charge in [-0.05, 0) is 127 Å². The molecule has 5 aliphatic carbocycles. The molecule has 214 valence electrons. The van der Waals surface area contributed by atoms with Crippen molar-refractivity contribution in [3.63, 3.8) is 0 Å². The number of likely N-dealkylation sites (tertiary alicyclic amines) is 1. The monoisotopic (exact) mass is 645 g/mol. The van der Waals surface area contributed by atoms with Crippen LogP contribution in [0.1, 0.15) is 99.8 Å². The lowest BCUT2D eigenvalue weighted by molar-refractivity contribution is -0.179. The molecule has 6 aliphatic rings. The molecule has 0 aromatic carbocycles. The van der Waals surface area contributed by atoms with Crippen LogP contribution in [0.2, 0.25) is 0 Å². The van der Waals surface area contributed by atoms with Gasteiger partial charge in [-0.3, -0.25) is 14.4 Å². The number of Topliss-reactive ketones (excluding diaryl/α,β-unsaturated/α-hetero) is 1. The van der Waals surface area contributed by atoms with Crippen LogP contribution in [0.4, 0.5) is 0 Å². The molecule has 0 bridgehead atoms. The highest BCUT2D eigenvalue weighted by Gasteiger charge is 2.71.